The van der Waals surface area contributed by atoms with E-state index in [-0.39, 0.29) is 11.5 Å². The summed E-state index contributed by atoms with van der Waals surface area (Å²) in [5.74, 6) is 0. The Balaban J connectivity index is 1.60. The zero-order valence-electron chi connectivity index (χ0n) is 15.8. The van der Waals surface area contributed by atoms with Crippen LogP contribution in [0.25, 0.3) is 0 Å². The second-order valence-corrected chi connectivity index (χ2v) is 8.46. The van der Waals surface area contributed by atoms with Crippen molar-refractivity contribution in [1.29, 1.82) is 0 Å². The van der Waals surface area contributed by atoms with Gasteiger partial charge in [-0.05, 0) is 58.4 Å². The zero-order valence-corrected chi connectivity index (χ0v) is 15.8. The first kappa shape index (κ1) is 18.2. The largest absolute Gasteiger partial charge is 0.444 e. The van der Waals surface area contributed by atoms with Crippen LogP contribution in [0.5, 0.6) is 0 Å². The fourth-order valence-electron chi connectivity index (χ4n) is 3.95. The molecular weight excluding hydrogens is 314 g/mol. The Labute approximate surface area is 151 Å². The molecule has 1 unspecified atom stereocenters. The van der Waals surface area contributed by atoms with Crippen LogP contribution in [0.2, 0.25) is 0 Å². The molecule has 0 aromatic heterocycles. The minimum absolute atomic E-state index is 0.182. The monoisotopic (exact) mass is 345 g/mol. The minimum Gasteiger partial charge on any atom is -0.444 e. The number of carbonyl (C=O) groups excluding carboxylic acids is 1. The standard InChI is InChI=1S/C21H31NO3/c1-20(2,3)25-19(23)22-14-12-21(13-15-22,18-10-16-24-18)11-9-17-7-5-4-6-8-17/h4-8,18H,9-16H2,1-3H3. The molecular formula is C21H31NO3. The van der Waals surface area contributed by atoms with Gasteiger partial charge in [0, 0.05) is 25.1 Å². The first-order valence-electron chi connectivity index (χ1n) is 9.51. The van der Waals surface area contributed by atoms with Crippen LogP contribution >= 0.6 is 0 Å². The highest BCUT2D eigenvalue weighted by molar-refractivity contribution is 5.68. The molecule has 1 aromatic carbocycles. The minimum atomic E-state index is -0.435. The van der Waals surface area contributed by atoms with Crippen molar-refractivity contribution in [3.8, 4) is 0 Å². The number of carbonyl (C=O) groups is 1. The molecule has 0 bridgehead atoms. The molecule has 4 nitrogen and oxygen atoms in total. The van der Waals surface area contributed by atoms with E-state index in [1.807, 2.05) is 25.7 Å². The van der Waals surface area contributed by atoms with Crippen molar-refractivity contribution in [3.63, 3.8) is 0 Å². The van der Waals surface area contributed by atoms with Crippen LogP contribution in [-0.2, 0) is 15.9 Å². The summed E-state index contributed by atoms with van der Waals surface area (Å²) in [6, 6.07) is 10.7. The van der Waals surface area contributed by atoms with Gasteiger partial charge < -0.3 is 14.4 Å². The number of likely N-dealkylation sites (tertiary alicyclic amines) is 1. The molecule has 138 valence electrons. The van der Waals surface area contributed by atoms with E-state index >= 15 is 0 Å². The SMILES string of the molecule is CC(C)(C)OC(=O)N1CCC(CCc2ccccc2)(C2CCO2)CC1. The molecule has 1 aromatic rings. The van der Waals surface area contributed by atoms with Crippen molar-refractivity contribution < 1.29 is 14.3 Å². The van der Waals surface area contributed by atoms with Crippen molar-refractivity contribution in [2.24, 2.45) is 5.41 Å². The summed E-state index contributed by atoms with van der Waals surface area (Å²) in [6.45, 7) is 8.17. The van der Waals surface area contributed by atoms with Gasteiger partial charge >= 0.3 is 6.09 Å². The van der Waals surface area contributed by atoms with Crippen LogP contribution in [0, 0.1) is 5.41 Å². The fraction of sp³-hybridized carbons (Fsp3) is 0.667. The van der Waals surface area contributed by atoms with Crippen molar-refractivity contribution in [3.05, 3.63) is 35.9 Å². The summed E-state index contributed by atoms with van der Waals surface area (Å²) in [5, 5.41) is 0. The summed E-state index contributed by atoms with van der Waals surface area (Å²) >= 11 is 0. The van der Waals surface area contributed by atoms with Crippen LogP contribution in [-0.4, -0.2) is 42.4 Å². The molecule has 1 amide bonds. The first-order valence-corrected chi connectivity index (χ1v) is 9.51. The molecule has 4 heteroatoms. The Morgan fingerprint density at radius 2 is 1.88 bits per heavy atom. The third-order valence-corrected chi connectivity index (χ3v) is 5.55. The molecule has 3 rings (SSSR count). The van der Waals surface area contributed by atoms with Gasteiger partial charge in [-0.1, -0.05) is 30.3 Å². The second-order valence-electron chi connectivity index (χ2n) is 8.46. The van der Waals surface area contributed by atoms with Crippen molar-refractivity contribution >= 4 is 6.09 Å². The van der Waals surface area contributed by atoms with E-state index in [9.17, 15) is 4.79 Å². The highest BCUT2D eigenvalue weighted by Gasteiger charge is 2.45. The van der Waals surface area contributed by atoms with Gasteiger partial charge in [0.1, 0.15) is 5.60 Å². The maximum atomic E-state index is 12.3. The number of aryl methyl sites for hydroxylation is 1. The summed E-state index contributed by atoms with van der Waals surface area (Å²) < 4.78 is 11.4. The molecule has 0 radical (unpaired) electrons. The maximum absolute atomic E-state index is 12.3. The Morgan fingerprint density at radius 3 is 2.40 bits per heavy atom. The van der Waals surface area contributed by atoms with Crippen molar-refractivity contribution in [1.82, 2.24) is 4.90 Å². The fourth-order valence-corrected chi connectivity index (χ4v) is 3.95. The molecule has 2 heterocycles. The predicted octanol–water partition coefficient (Wildman–Crippen LogP) is 4.43. The highest BCUT2D eigenvalue weighted by Crippen LogP contribution is 2.45. The van der Waals surface area contributed by atoms with Crippen LogP contribution in [0.3, 0.4) is 0 Å². The van der Waals surface area contributed by atoms with E-state index in [2.05, 4.69) is 30.3 Å². The highest BCUT2D eigenvalue weighted by atomic mass is 16.6. The third kappa shape index (κ3) is 4.55. The molecule has 0 N–H and O–H groups in total. The third-order valence-electron chi connectivity index (χ3n) is 5.55. The lowest BCUT2D eigenvalue weighted by molar-refractivity contribution is -0.147. The van der Waals surface area contributed by atoms with Crippen LogP contribution in [0.1, 0.15) is 52.0 Å². The molecule has 25 heavy (non-hydrogen) atoms. The normalized spacial score (nSPS) is 23.0. The Hall–Kier alpha value is -1.55. The van der Waals surface area contributed by atoms with Gasteiger partial charge in [0.05, 0.1) is 6.10 Å². The maximum Gasteiger partial charge on any atom is 0.410 e. The summed E-state index contributed by atoms with van der Waals surface area (Å²) in [5.41, 5.74) is 1.15. The van der Waals surface area contributed by atoms with E-state index < -0.39 is 5.60 Å². The molecule has 0 spiro atoms. The van der Waals surface area contributed by atoms with E-state index in [4.69, 9.17) is 9.47 Å². The summed E-state index contributed by atoms with van der Waals surface area (Å²) in [6.07, 6.45) is 5.54. The lowest BCUT2D eigenvalue weighted by Gasteiger charge is -2.49. The topological polar surface area (TPSA) is 38.8 Å². The number of piperidine rings is 1. The van der Waals surface area contributed by atoms with E-state index in [1.165, 1.54) is 5.56 Å². The lowest BCUT2D eigenvalue weighted by atomic mass is 9.68. The second kappa shape index (κ2) is 7.36. The van der Waals surface area contributed by atoms with Gasteiger partial charge in [-0.3, -0.25) is 0 Å². The molecule has 1 atom stereocenters. The van der Waals surface area contributed by atoms with E-state index in [0.29, 0.717) is 6.10 Å². The van der Waals surface area contributed by atoms with Gasteiger partial charge in [-0.2, -0.15) is 0 Å². The molecule has 2 fully saturated rings. The van der Waals surface area contributed by atoms with Crippen LogP contribution in [0.15, 0.2) is 30.3 Å². The van der Waals surface area contributed by atoms with Gasteiger partial charge in [0.15, 0.2) is 0 Å². The van der Waals surface area contributed by atoms with Gasteiger partial charge in [0.2, 0.25) is 0 Å². The van der Waals surface area contributed by atoms with Gasteiger partial charge in [-0.25, -0.2) is 4.79 Å². The number of amides is 1. The zero-order chi connectivity index (χ0) is 17.9. The first-order chi connectivity index (χ1) is 11.9. The average molecular weight is 345 g/mol. The van der Waals surface area contributed by atoms with Gasteiger partial charge in [-0.15, -0.1) is 0 Å². The number of hydrogen-bond donors (Lipinski definition) is 0. The smallest absolute Gasteiger partial charge is 0.410 e. The quantitative estimate of drug-likeness (QED) is 0.810. The number of hydrogen-bond acceptors (Lipinski definition) is 3. The summed E-state index contributed by atoms with van der Waals surface area (Å²) in [7, 11) is 0. The molecule has 2 aliphatic rings. The average Bonchev–Trinajstić information content (AvgIpc) is 2.51. The molecule has 2 aliphatic heterocycles. The van der Waals surface area contributed by atoms with Gasteiger partial charge in [0.25, 0.3) is 0 Å². The van der Waals surface area contributed by atoms with Crippen LogP contribution < -0.4 is 0 Å². The Kier molecular flexibility index (Phi) is 5.38. The lowest BCUT2D eigenvalue weighted by Crippen LogP contribution is -2.52. The number of benzene rings is 1. The predicted molar refractivity (Wildman–Crippen MR) is 98.6 cm³/mol. The Morgan fingerprint density at radius 1 is 1.24 bits per heavy atom. The Bertz CT molecular complexity index is 567. The molecule has 0 saturated carbocycles. The van der Waals surface area contributed by atoms with Crippen molar-refractivity contribution in [2.75, 3.05) is 19.7 Å². The van der Waals surface area contributed by atoms with Crippen molar-refractivity contribution in [2.45, 2.75) is 64.6 Å². The molecule has 2 saturated heterocycles. The number of rotatable bonds is 4. The van der Waals surface area contributed by atoms with E-state index in [0.717, 1.165) is 51.8 Å². The van der Waals surface area contributed by atoms with E-state index in [1.54, 1.807) is 0 Å². The number of ether oxygens (including phenoxy) is 2. The molecule has 0 aliphatic carbocycles. The number of nitrogens with zero attached hydrogens (tertiary/aromatic N) is 1. The van der Waals surface area contributed by atoms with Crippen LogP contribution in [0.4, 0.5) is 4.79 Å². The summed E-state index contributed by atoms with van der Waals surface area (Å²) in [4.78, 5) is 14.2.